The molecule has 0 nitrogen and oxygen atoms in total. The van der Waals surface area contributed by atoms with E-state index < -0.39 is 23.2 Å². The van der Waals surface area contributed by atoms with Crippen molar-refractivity contribution < 1.29 is 48.0 Å². The number of fused-ring (bicyclic) bond motifs is 6. The molecule has 0 aromatic heterocycles. The van der Waals surface area contributed by atoms with E-state index in [2.05, 4.69) is 64.1 Å². The van der Waals surface area contributed by atoms with Crippen molar-refractivity contribution in [3.05, 3.63) is 79.9 Å². The van der Waals surface area contributed by atoms with Gasteiger partial charge in [0.05, 0.1) is 0 Å². The standard InChI is InChI=1S/C23H22.2ClH.Zr/c1-14-5-6-15(2)21-11-18(10-20(14)21)9-19-12-22-16(3)7-8-17(4)23(22)13-19;;;/h5-8,10-13H,9H2,1-4H3;2*1H;/q;;;+2/p-2. The minimum absolute atomic E-state index is 0. The van der Waals surface area contributed by atoms with Gasteiger partial charge < -0.3 is 24.8 Å². The van der Waals surface area contributed by atoms with Crippen LogP contribution in [0.25, 0.3) is 12.2 Å². The van der Waals surface area contributed by atoms with Gasteiger partial charge in [-0.1, -0.05) is 0 Å². The summed E-state index contributed by atoms with van der Waals surface area (Å²) in [7, 11) is 0. The second-order valence-electron chi connectivity index (χ2n) is 7.70. The van der Waals surface area contributed by atoms with Crippen molar-refractivity contribution in [3.63, 3.8) is 0 Å². The Morgan fingerprint density at radius 2 is 1.04 bits per heavy atom. The van der Waals surface area contributed by atoms with Gasteiger partial charge in [0.25, 0.3) is 0 Å². The van der Waals surface area contributed by atoms with Gasteiger partial charge in [-0.15, -0.1) is 0 Å². The maximum atomic E-state index is 2.54. The molecule has 0 saturated carbocycles. The zero-order chi connectivity index (χ0) is 16.6. The van der Waals surface area contributed by atoms with Crippen LogP contribution in [0.5, 0.6) is 0 Å². The summed E-state index contributed by atoms with van der Waals surface area (Å²) in [6.07, 6.45) is 6.29. The molecular weight excluding hydrogens is 438 g/mol. The van der Waals surface area contributed by atoms with E-state index in [0.717, 1.165) is 7.25 Å². The molecule has 0 bridgehead atoms. The summed E-state index contributed by atoms with van der Waals surface area (Å²) in [5.41, 5.74) is 15.9. The molecule has 0 spiro atoms. The van der Waals surface area contributed by atoms with Crippen LogP contribution in [0.1, 0.15) is 58.2 Å². The van der Waals surface area contributed by atoms with Crippen LogP contribution in [0.15, 0.2) is 35.4 Å². The largest absolute Gasteiger partial charge is 1.00 e. The number of allylic oxidation sites excluding steroid dienone is 2. The number of rotatable bonds is 0. The number of halogens is 2. The minimum Gasteiger partial charge on any atom is -1.00 e. The summed E-state index contributed by atoms with van der Waals surface area (Å²) in [6.45, 7) is 9.19. The topological polar surface area (TPSA) is 0 Å². The fraction of sp³-hybridized carbons (Fsp3) is 0.304. The quantitative estimate of drug-likeness (QED) is 0.519. The van der Waals surface area contributed by atoms with Crippen LogP contribution in [-0.4, -0.2) is 0 Å². The fourth-order valence-electron chi connectivity index (χ4n) is 4.86. The zero-order valence-corrected chi connectivity index (χ0v) is 19.6. The van der Waals surface area contributed by atoms with Crippen molar-refractivity contribution in [2.24, 2.45) is 0 Å². The van der Waals surface area contributed by atoms with Crippen LogP contribution >= 0.6 is 0 Å². The second-order valence-corrected chi connectivity index (χ2v) is 11.4. The number of aryl methyl sites for hydroxylation is 4. The Labute approximate surface area is 180 Å². The molecule has 26 heavy (non-hydrogen) atoms. The Bertz CT molecular complexity index is 891. The first-order valence-corrected chi connectivity index (χ1v) is 11.8. The molecule has 0 N–H and O–H groups in total. The van der Waals surface area contributed by atoms with Gasteiger partial charge >= 0.3 is 157 Å². The molecule has 2 aliphatic carbocycles. The van der Waals surface area contributed by atoms with E-state index in [4.69, 9.17) is 0 Å². The van der Waals surface area contributed by atoms with E-state index in [9.17, 15) is 0 Å². The van der Waals surface area contributed by atoms with E-state index >= 15 is 0 Å². The van der Waals surface area contributed by atoms with Crippen LogP contribution in [0, 0.1) is 27.7 Å². The Morgan fingerprint density at radius 1 is 0.654 bits per heavy atom. The van der Waals surface area contributed by atoms with Gasteiger partial charge in [-0.05, 0) is 0 Å². The van der Waals surface area contributed by atoms with Crippen LogP contribution in [-0.2, 0) is 23.2 Å². The molecular formula is C23H22Cl2Zr. The first-order chi connectivity index (χ1) is 11.5. The van der Waals surface area contributed by atoms with Crippen molar-refractivity contribution in [2.45, 2.75) is 41.4 Å². The van der Waals surface area contributed by atoms with Crippen LogP contribution in [0.4, 0.5) is 0 Å². The average Bonchev–Trinajstić information content (AvgIpc) is 3.12. The summed E-state index contributed by atoms with van der Waals surface area (Å²) >= 11 is -0.602. The van der Waals surface area contributed by atoms with Gasteiger partial charge in [0.15, 0.2) is 0 Å². The van der Waals surface area contributed by atoms with E-state index in [1.165, 1.54) is 28.7 Å². The van der Waals surface area contributed by atoms with Crippen molar-refractivity contribution >= 4 is 12.2 Å². The monoisotopic (exact) mass is 458 g/mol. The van der Waals surface area contributed by atoms with Crippen molar-refractivity contribution in [1.82, 2.24) is 0 Å². The summed E-state index contributed by atoms with van der Waals surface area (Å²) in [4.78, 5) is 0. The molecule has 1 heterocycles. The second kappa shape index (κ2) is 7.08. The van der Waals surface area contributed by atoms with Crippen LogP contribution in [0.3, 0.4) is 0 Å². The molecule has 2 aromatic rings. The molecule has 2 aromatic carbocycles. The summed E-state index contributed by atoms with van der Waals surface area (Å²) in [6, 6.07) is 9.29. The van der Waals surface area contributed by atoms with E-state index in [1.807, 2.05) is 0 Å². The first-order valence-electron chi connectivity index (χ1n) is 8.92. The molecule has 0 amide bonds. The Morgan fingerprint density at radius 3 is 1.46 bits per heavy atom. The molecule has 1 fully saturated rings. The third-order valence-corrected chi connectivity index (χ3v) is 11.0. The zero-order valence-electron chi connectivity index (χ0n) is 15.6. The number of benzene rings is 2. The molecule has 2 atom stereocenters. The van der Waals surface area contributed by atoms with Crippen LogP contribution in [0.2, 0.25) is 0 Å². The molecule has 1 saturated heterocycles. The van der Waals surface area contributed by atoms with Gasteiger partial charge in [0.1, 0.15) is 0 Å². The maximum Gasteiger partial charge on any atom is -1.00 e. The van der Waals surface area contributed by atoms with Gasteiger partial charge in [0.2, 0.25) is 0 Å². The summed E-state index contributed by atoms with van der Waals surface area (Å²) in [5, 5.41) is 0. The molecule has 1 aliphatic heterocycles. The third-order valence-electron chi connectivity index (χ3n) is 6.17. The third kappa shape index (κ3) is 2.74. The predicted molar refractivity (Wildman–Crippen MR) is 97.9 cm³/mol. The normalized spacial score (nSPS) is 20.8. The summed E-state index contributed by atoms with van der Waals surface area (Å²) < 4.78 is 1.60. The van der Waals surface area contributed by atoms with E-state index in [0.29, 0.717) is 0 Å². The van der Waals surface area contributed by atoms with Gasteiger partial charge in [0, 0.05) is 0 Å². The average molecular weight is 461 g/mol. The van der Waals surface area contributed by atoms with Gasteiger partial charge in [-0.25, -0.2) is 0 Å². The minimum atomic E-state index is -0.602. The van der Waals surface area contributed by atoms with Gasteiger partial charge in [-0.2, -0.15) is 0 Å². The van der Waals surface area contributed by atoms with E-state index in [-0.39, 0.29) is 24.8 Å². The smallest absolute Gasteiger partial charge is 1.00 e. The fourth-order valence-corrected chi connectivity index (χ4v) is 10.3. The van der Waals surface area contributed by atoms with Crippen molar-refractivity contribution in [1.29, 1.82) is 0 Å². The summed E-state index contributed by atoms with van der Waals surface area (Å²) in [5.74, 6) is 0. The maximum absolute atomic E-state index is 2.54. The molecule has 2 unspecified atom stereocenters. The molecule has 0 radical (unpaired) electrons. The van der Waals surface area contributed by atoms with E-state index in [1.54, 1.807) is 33.4 Å². The van der Waals surface area contributed by atoms with Crippen molar-refractivity contribution in [3.8, 4) is 0 Å². The molecule has 5 rings (SSSR count). The van der Waals surface area contributed by atoms with Crippen LogP contribution < -0.4 is 24.8 Å². The Balaban J connectivity index is 0.000000980. The number of hydrogen-bond acceptors (Lipinski definition) is 0. The Hall–Kier alpha value is -0.617. The van der Waals surface area contributed by atoms with Gasteiger partial charge in [-0.3, -0.25) is 0 Å². The number of hydrogen-bond donors (Lipinski definition) is 0. The Kier molecular flexibility index (Phi) is 5.48. The first kappa shape index (κ1) is 20.1. The SMILES string of the molecule is Cc1ccc(C)c2c1C=C1CC3=Cc4c(C)ccc(C)c4[CH]3[Zr+2][CH]12.[Cl-].[Cl-]. The molecule has 3 heteroatoms. The molecule has 3 aliphatic rings. The molecule has 132 valence electrons. The predicted octanol–water partition coefficient (Wildman–Crippen LogP) is -0.00912. The van der Waals surface area contributed by atoms with Crippen molar-refractivity contribution in [2.75, 3.05) is 0 Å².